The zero-order valence-corrected chi connectivity index (χ0v) is 18.8. The molecule has 0 fully saturated rings. The number of aryl methyl sites for hydroxylation is 1. The Morgan fingerprint density at radius 2 is 1.66 bits per heavy atom. The van der Waals surface area contributed by atoms with Crippen LogP contribution in [0.5, 0.6) is 5.75 Å². The van der Waals surface area contributed by atoms with E-state index in [1.54, 1.807) is 12.1 Å². The van der Waals surface area contributed by atoms with E-state index in [-0.39, 0.29) is 33.8 Å². The normalized spacial score (nSPS) is 12.0. The summed E-state index contributed by atoms with van der Waals surface area (Å²) in [5.41, 5.74) is 1.08. The Bertz CT molecular complexity index is 950. The first-order valence-electron chi connectivity index (χ1n) is 8.48. The zero-order chi connectivity index (χ0) is 21.8. The van der Waals surface area contributed by atoms with Crippen molar-refractivity contribution in [1.82, 2.24) is 4.31 Å². The van der Waals surface area contributed by atoms with Gasteiger partial charge < -0.3 is 14.2 Å². The second-order valence-electron chi connectivity index (χ2n) is 6.19. The van der Waals surface area contributed by atoms with E-state index in [1.165, 1.54) is 39.5 Å². The van der Waals surface area contributed by atoms with E-state index >= 15 is 0 Å². The highest BCUT2D eigenvalue weighted by Crippen LogP contribution is 2.32. The molecule has 0 spiro atoms. The van der Waals surface area contributed by atoms with Gasteiger partial charge in [-0.2, -0.15) is 8.70 Å². The molecule has 0 amide bonds. The van der Waals surface area contributed by atoms with E-state index in [1.807, 2.05) is 6.92 Å². The summed E-state index contributed by atoms with van der Waals surface area (Å²) >= 11 is 3.00. The van der Waals surface area contributed by atoms with Crippen molar-refractivity contribution in [2.45, 2.75) is 24.7 Å². The van der Waals surface area contributed by atoms with Gasteiger partial charge >= 0.3 is 0 Å². The maximum Gasteiger partial charge on any atom is 0.243 e. The van der Waals surface area contributed by atoms with Crippen LogP contribution in [0.1, 0.15) is 11.1 Å². The standard InChI is InChI=1S/C19H22BrF2NO5S/c1-12-5-7-14(8-6-12)29(24,25)23(11-16(27-3)28-4)10-13-9-15(26-2)18(21)19(22)17(13)20/h5-9,16H,10-11H2,1-4H3. The molecule has 0 atom stereocenters. The molecule has 0 aromatic heterocycles. The van der Waals surface area contributed by atoms with E-state index in [4.69, 9.17) is 14.2 Å². The van der Waals surface area contributed by atoms with E-state index < -0.39 is 27.9 Å². The van der Waals surface area contributed by atoms with Gasteiger partial charge in [0.05, 0.1) is 23.0 Å². The molecule has 0 aliphatic heterocycles. The maximum absolute atomic E-state index is 14.2. The Hall–Kier alpha value is -1.59. The minimum Gasteiger partial charge on any atom is -0.494 e. The quantitative estimate of drug-likeness (QED) is 0.392. The molecule has 0 unspecified atom stereocenters. The Labute approximate surface area is 177 Å². The molecule has 0 N–H and O–H groups in total. The van der Waals surface area contributed by atoms with E-state index in [0.29, 0.717) is 0 Å². The van der Waals surface area contributed by atoms with Crippen molar-refractivity contribution < 1.29 is 31.4 Å². The minimum absolute atomic E-state index is 0.0553. The summed E-state index contributed by atoms with van der Waals surface area (Å²) in [6.45, 7) is 1.40. The molecule has 0 saturated carbocycles. The van der Waals surface area contributed by atoms with Crippen LogP contribution >= 0.6 is 15.9 Å². The van der Waals surface area contributed by atoms with Gasteiger partial charge in [-0.1, -0.05) is 17.7 Å². The number of hydrogen-bond donors (Lipinski definition) is 0. The molecule has 29 heavy (non-hydrogen) atoms. The van der Waals surface area contributed by atoms with Crippen molar-refractivity contribution in [3.8, 4) is 5.75 Å². The lowest BCUT2D eigenvalue weighted by molar-refractivity contribution is -0.108. The fourth-order valence-electron chi connectivity index (χ4n) is 2.60. The lowest BCUT2D eigenvalue weighted by atomic mass is 10.2. The van der Waals surface area contributed by atoms with Gasteiger partial charge in [-0.15, -0.1) is 0 Å². The van der Waals surface area contributed by atoms with Crippen LogP contribution in [0, 0.1) is 18.6 Å². The summed E-state index contributed by atoms with van der Waals surface area (Å²) in [7, 11) is -0.0458. The molecule has 0 heterocycles. The monoisotopic (exact) mass is 493 g/mol. The number of nitrogens with zero attached hydrogens (tertiary/aromatic N) is 1. The van der Waals surface area contributed by atoms with E-state index in [9.17, 15) is 17.2 Å². The maximum atomic E-state index is 14.2. The zero-order valence-electron chi connectivity index (χ0n) is 16.4. The predicted octanol–water partition coefficient (Wildman–Crippen LogP) is 3.85. The van der Waals surface area contributed by atoms with Gasteiger partial charge in [-0.3, -0.25) is 0 Å². The van der Waals surface area contributed by atoms with Gasteiger partial charge in [0.15, 0.2) is 17.9 Å². The van der Waals surface area contributed by atoms with Crippen LogP contribution < -0.4 is 4.74 Å². The van der Waals surface area contributed by atoms with Crippen molar-refractivity contribution in [3.05, 3.63) is 57.6 Å². The van der Waals surface area contributed by atoms with Crippen LogP contribution in [0.15, 0.2) is 39.7 Å². The van der Waals surface area contributed by atoms with Crippen LogP contribution in [-0.2, 0) is 26.0 Å². The predicted molar refractivity (Wildman–Crippen MR) is 107 cm³/mol. The largest absolute Gasteiger partial charge is 0.494 e. The van der Waals surface area contributed by atoms with Crippen molar-refractivity contribution in [2.75, 3.05) is 27.9 Å². The summed E-state index contributed by atoms with van der Waals surface area (Å²) in [5, 5.41) is 0. The molecule has 2 aromatic carbocycles. The summed E-state index contributed by atoms with van der Waals surface area (Å²) in [6.07, 6.45) is -0.860. The summed E-state index contributed by atoms with van der Waals surface area (Å²) < 4.78 is 70.6. The molecule has 0 radical (unpaired) electrons. The van der Waals surface area contributed by atoms with Gasteiger partial charge in [0.2, 0.25) is 15.8 Å². The lowest BCUT2D eigenvalue weighted by Crippen LogP contribution is -2.38. The number of rotatable bonds is 9. The molecule has 0 saturated heterocycles. The molecule has 10 heteroatoms. The fraction of sp³-hybridized carbons (Fsp3) is 0.368. The number of sulfonamides is 1. The van der Waals surface area contributed by atoms with Crippen molar-refractivity contribution in [1.29, 1.82) is 0 Å². The third-order valence-corrected chi connectivity index (χ3v) is 6.98. The van der Waals surface area contributed by atoms with Crippen molar-refractivity contribution in [2.24, 2.45) is 0 Å². The minimum atomic E-state index is -4.00. The Morgan fingerprint density at radius 3 is 2.17 bits per heavy atom. The average Bonchev–Trinajstić information content (AvgIpc) is 2.71. The smallest absolute Gasteiger partial charge is 0.243 e. The Kier molecular flexibility index (Phi) is 8.12. The first-order chi connectivity index (χ1) is 13.6. The topological polar surface area (TPSA) is 65.1 Å². The van der Waals surface area contributed by atoms with Gasteiger partial charge in [0, 0.05) is 20.8 Å². The second kappa shape index (κ2) is 9.94. The second-order valence-corrected chi connectivity index (χ2v) is 8.92. The summed E-state index contributed by atoms with van der Waals surface area (Å²) in [5.74, 6) is -2.66. The van der Waals surface area contributed by atoms with Crippen molar-refractivity contribution in [3.63, 3.8) is 0 Å². The summed E-state index contributed by atoms with van der Waals surface area (Å²) in [6, 6.07) is 7.55. The lowest BCUT2D eigenvalue weighted by Gasteiger charge is -2.26. The van der Waals surface area contributed by atoms with Gasteiger partial charge in [-0.25, -0.2) is 12.8 Å². The van der Waals surface area contributed by atoms with Crippen LogP contribution in [0.25, 0.3) is 0 Å². The molecule has 2 aromatic rings. The van der Waals surface area contributed by atoms with E-state index in [2.05, 4.69) is 15.9 Å². The molecule has 160 valence electrons. The molecular weight excluding hydrogens is 472 g/mol. The number of halogens is 3. The average molecular weight is 494 g/mol. The first-order valence-corrected chi connectivity index (χ1v) is 10.7. The SMILES string of the molecule is COc1cc(CN(CC(OC)OC)S(=O)(=O)c2ccc(C)cc2)c(Br)c(F)c1F. The third-order valence-electron chi connectivity index (χ3n) is 4.29. The molecular formula is C19H22BrF2NO5S. The van der Waals surface area contributed by atoms with Crippen LogP contribution in [0.2, 0.25) is 0 Å². The molecule has 0 aliphatic rings. The Balaban J connectivity index is 2.52. The number of benzene rings is 2. The van der Waals surface area contributed by atoms with Crippen LogP contribution in [0.3, 0.4) is 0 Å². The molecule has 2 rings (SSSR count). The highest BCUT2D eigenvalue weighted by Gasteiger charge is 2.29. The third kappa shape index (κ3) is 5.32. The molecule has 6 nitrogen and oxygen atoms in total. The molecule has 0 bridgehead atoms. The summed E-state index contributed by atoms with van der Waals surface area (Å²) in [4.78, 5) is 0.0553. The Morgan fingerprint density at radius 1 is 1.07 bits per heavy atom. The van der Waals surface area contributed by atoms with Gasteiger partial charge in [-0.05, 0) is 46.6 Å². The first kappa shape index (κ1) is 23.7. The highest BCUT2D eigenvalue weighted by molar-refractivity contribution is 9.10. The van der Waals surface area contributed by atoms with Crippen LogP contribution in [-0.4, -0.2) is 46.9 Å². The molecule has 0 aliphatic carbocycles. The van der Waals surface area contributed by atoms with Gasteiger partial charge in [0.25, 0.3) is 0 Å². The number of ether oxygens (including phenoxy) is 3. The van der Waals surface area contributed by atoms with Crippen LogP contribution in [0.4, 0.5) is 8.78 Å². The van der Waals surface area contributed by atoms with Crippen molar-refractivity contribution >= 4 is 26.0 Å². The van der Waals surface area contributed by atoms with Gasteiger partial charge in [0.1, 0.15) is 0 Å². The van der Waals surface area contributed by atoms with E-state index in [0.717, 1.165) is 9.87 Å². The number of methoxy groups -OCH3 is 3. The highest BCUT2D eigenvalue weighted by atomic mass is 79.9. The fourth-order valence-corrected chi connectivity index (χ4v) is 4.42. The number of hydrogen-bond acceptors (Lipinski definition) is 5.